The van der Waals surface area contributed by atoms with Gasteiger partial charge in [0.05, 0.1) is 36.7 Å². The van der Waals surface area contributed by atoms with Crippen molar-refractivity contribution < 1.29 is 19.1 Å². The van der Waals surface area contributed by atoms with Crippen molar-refractivity contribution in [2.75, 3.05) is 19.5 Å². The molecule has 2 atom stereocenters. The lowest BCUT2D eigenvalue weighted by Crippen LogP contribution is -2.25. The van der Waals surface area contributed by atoms with E-state index in [9.17, 15) is 9.59 Å². The van der Waals surface area contributed by atoms with Crippen molar-refractivity contribution in [3.8, 4) is 11.5 Å². The number of carbonyl (C=O) groups is 2. The van der Waals surface area contributed by atoms with Crippen LogP contribution in [0.15, 0.2) is 82.9 Å². The van der Waals surface area contributed by atoms with Crippen LogP contribution in [0.2, 0.25) is 5.02 Å². The van der Waals surface area contributed by atoms with Gasteiger partial charge in [-0.05, 0) is 59.7 Å². The summed E-state index contributed by atoms with van der Waals surface area (Å²) in [5.41, 5.74) is 3.33. The summed E-state index contributed by atoms with van der Waals surface area (Å²) in [6.45, 7) is 0. The highest BCUT2D eigenvalue weighted by molar-refractivity contribution is 8.15. The highest BCUT2D eigenvalue weighted by Crippen LogP contribution is 2.39. The predicted octanol–water partition coefficient (Wildman–Crippen LogP) is 5.54. The van der Waals surface area contributed by atoms with Crippen molar-refractivity contribution in [1.82, 2.24) is 5.01 Å². The standard InChI is InChI=1S/C28H25ClN4O4S/c1-36-19-11-7-17(8-12-19)23-15-24(18-9-13-20(37-2)14-10-18)33(32-23)28-31-27(35)25(38-28)16-26(34)30-22-6-4-3-5-21(22)29/h3-14,24-25H,15-16H2,1-2H3,(H,30,34)/t24-,25-/m1/s1. The maximum Gasteiger partial charge on any atom is 0.262 e. The fraction of sp³-hybridized carbons (Fsp3) is 0.214. The molecule has 5 rings (SSSR count). The molecule has 0 spiro atoms. The first-order valence-electron chi connectivity index (χ1n) is 11.9. The number of hydrogen-bond acceptors (Lipinski definition) is 7. The van der Waals surface area contributed by atoms with E-state index < -0.39 is 5.25 Å². The molecule has 2 aliphatic rings. The summed E-state index contributed by atoms with van der Waals surface area (Å²) in [4.78, 5) is 29.8. The maximum absolute atomic E-state index is 12.8. The lowest BCUT2D eigenvalue weighted by atomic mass is 9.98. The van der Waals surface area contributed by atoms with E-state index in [0.29, 0.717) is 22.3 Å². The Bertz CT molecular complexity index is 1410. The summed E-state index contributed by atoms with van der Waals surface area (Å²) in [6, 6.07) is 22.3. The van der Waals surface area contributed by atoms with E-state index in [1.54, 1.807) is 43.5 Å². The molecule has 2 heterocycles. The molecule has 194 valence electrons. The molecular weight excluding hydrogens is 524 g/mol. The average molecular weight is 549 g/mol. The van der Waals surface area contributed by atoms with Crippen LogP contribution in [-0.2, 0) is 9.59 Å². The van der Waals surface area contributed by atoms with Crippen LogP contribution in [0.5, 0.6) is 11.5 Å². The molecule has 0 aliphatic carbocycles. The van der Waals surface area contributed by atoms with Crippen molar-refractivity contribution in [3.05, 3.63) is 88.9 Å². The molecular formula is C28H25ClN4O4S. The van der Waals surface area contributed by atoms with Gasteiger partial charge in [0.25, 0.3) is 5.91 Å². The van der Waals surface area contributed by atoms with E-state index in [1.165, 1.54) is 11.8 Å². The number of carbonyl (C=O) groups excluding carboxylic acids is 2. The number of nitrogens with zero attached hydrogens (tertiary/aromatic N) is 3. The number of benzene rings is 3. The molecule has 0 saturated carbocycles. The molecule has 2 aliphatic heterocycles. The van der Waals surface area contributed by atoms with Crippen LogP contribution in [0.25, 0.3) is 0 Å². The molecule has 38 heavy (non-hydrogen) atoms. The number of halogens is 1. The number of methoxy groups -OCH3 is 2. The van der Waals surface area contributed by atoms with E-state index >= 15 is 0 Å². The maximum atomic E-state index is 12.8. The molecule has 3 aromatic carbocycles. The van der Waals surface area contributed by atoms with E-state index in [2.05, 4.69) is 10.3 Å². The van der Waals surface area contributed by atoms with Crippen molar-refractivity contribution >= 4 is 51.7 Å². The second-order valence-electron chi connectivity index (χ2n) is 8.68. The molecule has 2 amide bonds. The topological polar surface area (TPSA) is 92.6 Å². The number of aliphatic imine (C=N–C) groups is 1. The fourth-order valence-corrected chi connectivity index (χ4v) is 5.51. The van der Waals surface area contributed by atoms with E-state index in [4.69, 9.17) is 26.2 Å². The lowest BCUT2D eigenvalue weighted by molar-refractivity contribution is -0.121. The van der Waals surface area contributed by atoms with Gasteiger partial charge in [-0.3, -0.25) is 9.59 Å². The van der Waals surface area contributed by atoms with Crippen molar-refractivity contribution in [3.63, 3.8) is 0 Å². The summed E-state index contributed by atoms with van der Waals surface area (Å²) in [5.74, 6) is 0.842. The van der Waals surface area contributed by atoms with Crippen LogP contribution in [0.3, 0.4) is 0 Å². The van der Waals surface area contributed by atoms with E-state index in [0.717, 1.165) is 28.3 Å². The normalized spacial score (nSPS) is 18.7. The molecule has 10 heteroatoms. The van der Waals surface area contributed by atoms with Gasteiger partial charge in [0.2, 0.25) is 5.91 Å². The van der Waals surface area contributed by atoms with Crippen LogP contribution in [0, 0.1) is 0 Å². The van der Waals surface area contributed by atoms with Gasteiger partial charge in [0.15, 0.2) is 5.17 Å². The minimum Gasteiger partial charge on any atom is -0.497 e. The van der Waals surface area contributed by atoms with Crippen molar-refractivity contribution in [1.29, 1.82) is 0 Å². The van der Waals surface area contributed by atoms with E-state index in [-0.39, 0.29) is 24.3 Å². The second kappa shape index (κ2) is 11.3. The summed E-state index contributed by atoms with van der Waals surface area (Å²) < 4.78 is 10.6. The van der Waals surface area contributed by atoms with Gasteiger partial charge in [0.1, 0.15) is 16.7 Å². The minimum atomic E-state index is -0.649. The largest absolute Gasteiger partial charge is 0.497 e. The Morgan fingerprint density at radius 2 is 1.68 bits per heavy atom. The number of hydrogen-bond donors (Lipinski definition) is 1. The number of amides is 2. The van der Waals surface area contributed by atoms with Crippen molar-refractivity contribution in [2.45, 2.75) is 24.1 Å². The molecule has 3 aromatic rings. The van der Waals surface area contributed by atoms with Gasteiger partial charge in [-0.2, -0.15) is 10.1 Å². The Hall–Kier alpha value is -3.82. The summed E-state index contributed by atoms with van der Waals surface area (Å²) in [5, 5.41) is 9.69. The van der Waals surface area contributed by atoms with Gasteiger partial charge >= 0.3 is 0 Å². The Labute approximate surface area is 229 Å². The predicted molar refractivity (Wildman–Crippen MR) is 150 cm³/mol. The zero-order valence-electron chi connectivity index (χ0n) is 20.8. The average Bonchev–Trinajstić information content (AvgIpc) is 3.54. The molecule has 1 N–H and O–H groups in total. The van der Waals surface area contributed by atoms with Crippen molar-refractivity contribution in [2.24, 2.45) is 10.1 Å². The SMILES string of the molecule is COc1ccc(C2=NN(C3=NC(=O)[C@@H](CC(=O)Nc4ccccc4Cl)S3)[C@@H](c3ccc(OC)cc3)C2)cc1. The summed E-state index contributed by atoms with van der Waals surface area (Å²) >= 11 is 7.40. The Morgan fingerprint density at radius 1 is 1.03 bits per heavy atom. The molecule has 0 aromatic heterocycles. The zero-order chi connectivity index (χ0) is 26.6. The molecule has 8 nitrogen and oxygen atoms in total. The van der Waals surface area contributed by atoms with Gasteiger partial charge in [0, 0.05) is 12.8 Å². The van der Waals surface area contributed by atoms with Gasteiger partial charge in [-0.1, -0.05) is 47.6 Å². The Morgan fingerprint density at radius 3 is 2.34 bits per heavy atom. The summed E-state index contributed by atoms with van der Waals surface area (Å²) in [6.07, 6.45) is 0.585. The molecule has 0 saturated heterocycles. The monoisotopic (exact) mass is 548 g/mol. The quantitative estimate of drug-likeness (QED) is 0.417. The van der Waals surface area contributed by atoms with Gasteiger partial charge in [-0.25, -0.2) is 5.01 Å². The van der Waals surface area contributed by atoms with Crippen LogP contribution in [0.1, 0.15) is 30.0 Å². The molecule has 0 fully saturated rings. The Kier molecular flexibility index (Phi) is 7.67. The number of ether oxygens (including phenoxy) is 2. The number of para-hydroxylation sites is 1. The highest BCUT2D eigenvalue weighted by atomic mass is 35.5. The Balaban J connectivity index is 1.36. The third-order valence-corrected chi connectivity index (χ3v) is 7.75. The first-order chi connectivity index (χ1) is 18.4. The number of hydrazone groups is 1. The number of amidine groups is 1. The molecule has 0 unspecified atom stereocenters. The highest BCUT2D eigenvalue weighted by Gasteiger charge is 2.39. The van der Waals surface area contributed by atoms with Crippen LogP contribution < -0.4 is 14.8 Å². The number of nitrogens with one attached hydrogen (secondary N) is 1. The molecule has 0 radical (unpaired) electrons. The van der Waals surface area contributed by atoms with Crippen LogP contribution in [-0.4, -0.2) is 47.2 Å². The van der Waals surface area contributed by atoms with Crippen LogP contribution in [0.4, 0.5) is 5.69 Å². The number of rotatable bonds is 7. The minimum absolute atomic E-state index is 0.0299. The fourth-order valence-electron chi connectivity index (χ4n) is 4.27. The third kappa shape index (κ3) is 5.54. The number of anilines is 1. The first-order valence-corrected chi connectivity index (χ1v) is 13.2. The lowest BCUT2D eigenvalue weighted by Gasteiger charge is -2.23. The second-order valence-corrected chi connectivity index (χ2v) is 10.3. The first kappa shape index (κ1) is 25.8. The number of thioether (sulfide) groups is 1. The van der Waals surface area contributed by atoms with Crippen LogP contribution >= 0.6 is 23.4 Å². The van der Waals surface area contributed by atoms with Gasteiger partial charge in [-0.15, -0.1) is 0 Å². The smallest absolute Gasteiger partial charge is 0.262 e. The zero-order valence-corrected chi connectivity index (χ0v) is 22.3. The third-order valence-electron chi connectivity index (χ3n) is 6.28. The van der Waals surface area contributed by atoms with Gasteiger partial charge < -0.3 is 14.8 Å². The van der Waals surface area contributed by atoms with E-state index in [1.807, 2.05) is 48.5 Å². The summed E-state index contributed by atoms with van der Waals surface area (Å²) in [7, 11) is 3.25. The molecule has 0 bridgehead atoms.